The van der Waals surface area contributed by atoms with Gasteiger partial charge in [-0.1, -0.05) is 6.07 Å². The number of H-pyrrole nitrogens is 1. The second-order valence-corrected chi connectivity index (χ2v) is 8.46. The minimum Gasteiger partial charge on any atom is -0.492 e. The lowest BCUT2D eigenvalue weighted by Crippen LogP contribution is -2.35. The first-order valence-electron chi connectivity index (χ1n) is 11.5. The van der Waals surface area contributed by atoms with E-state index in [-0.39, 0.29) is 30.1 Å². The van der Waals surface area contributed by atoms with Gasteiger partial charge in [-0.3, -0.25) is 14.2 Å². The zero-order chi connectivity index (χ0) is 24.4. The van der Waals surface area contributed by atoms with Crippen molar-refractivity contribution in [2.45, 2.75) is 24.9 Å². The van der Waals surface area contributed by atoms with Crippen molar-refractivity contribution in [3.63, 3.8) is 0 Å². The Bertz CT molecular complexity index is 1230. The quantitative estimate of drug-likeness (QED) is 0.419. The molecule has 10 heteroatoms. The molecule has 1 saturated heterocycles. The number of para-hydroxylation sites is 1. The molecule has 0 bridgehead atoms. The number of nitrogens with zero attached hydrogens (tertiary/aromatic N) is 1. The highest BCUT2D eigenvalue weighted by atomic mass is 19.1. The first-order chi connectivity index (χ1) is 17.1. The number of carbonyl (C=O) groups is 1. The Morgan fingerprint density at radius 2 is 2.17 bits per heavy atom. The summed E-state index contributed by atoms with van der Waals surface area (Å²) in [6.45, 7) is 0.868. The Kier molecular flexibility index (Phi) is 6.54. The summed E-state index contributed by atoms with van der Waals surface area (Å²) < 4.78 is 44.5. The lowest BCUT2D eigenvalue weighted by atomic mass is 9.94. The van der Waals surface area contributed by atoms with Gasteiger partial charge in [-0.15, -0.1) is 0 Å². The highest BCUT2D eigenvalue weighted by molar-refractivity contribution is 6.07. The molecule has 2 aliphatic heterocycles. The maximum absolute atomic E-state index is 14.4. The molecular formula is C25H26F2N4O4. The van der Waals surface area contributed by atoms with Crippen LogP contribution in [0.3, 0.4) is 0 Å². The summed E-state index contributed by atoms with van der Waals surface area (Å²) in [7, 11) is 1.37. The van der Waals surface area contributed by atoms with E-state index in [1.165, 1.54) is 13.2 Å². The van der Waals surface area contributed by atoms with E-state index in [0.29, 0.717) is 59.4 Å². The van der Waals surface area contributed by atoms with E-state index in [1.54, 1.807) is 30.6 Å². The molecule has 35 heavy (non-hydrogen) atoms. The van der Waals surface area contributed by atoms with Crippen molar-refractivity contribution in [1.82, 2.24) is 15.3 Å². The van der Waals surface area contributed by atoms with Crippen molar-refractivity contribution in [2.75, 3.05) is 38.9 Å². The monoisotopic (exact) mass is 484 g/mol. The molecule has 0 radical (unpaired) electrons. The van der Waals surface area contributed by atoms with E-state index in [2.05, 4.69) is 20.6 Å². The SMILES string of the molecule is COc1c(F)cccc1Nc1c(-c2ccncc2OC[C@@H]2CCO2)[nH]c2c1C(=O)NC[C@@H]2CCF. The minimum absolute atomic E-state index is 0.0123. The van der Waals surface area contributed by atoms with Crippen molar-refractivity contribution in [3.05, 3.63) is 53.7 Å². The normalized spacial score (nSPS) is 18.9. The van der Waals surface area contributed by atoms with Crippen LogP contribution in [0.25, 0.3) is 11.3 Å². The zero-order valence-electron chi connectivity index (χ0n) is 19.2. The van der Waals surface area contributed by atoms with Gasteiger partial charge in [0.05, 0.1) is 48.7 Å². The maximum Gasteiger partial charge on any atom is 0.255 e. The molecule has 0 unspecified atom stereocenters. The first kappa shape index (κ1) is 23.1. The Balaban J connectivity index is 1.63. The molecule has 4 heterocycles. The number of aromatic amines is 1. The molecule has 2 aliphatic rings. The molecule has 1 fully saturated rings. The zero-order valence-corrected chi connectivity index (χ0v) is 19.2. The van der Waals surface area contributed by atoms with Gasteiger partial charge in [-0.05, 0) is 24.6 Å². The number of anilines is 2. The van der Waals surface area contributed by atoms with E-state index in [0.717, 1.165) is 6.42 Å². The van der Waals surface area contributed by atoms with Gasteiger partial charge in [-0.25, -0.2) is 4.39 Å². The molecule has 3 N–H and O–H groups in total. The average molecular weight is 485 g/mol. The summed E-state index contributed by atoms with van der Waals surface area (Å²) in [5.74, 6) is -0.589. The largest absolute Gasteiger partial charge is 0.492 e. The number of rotatable bonds is 9. The molecule has 0 aliphatic carbocycles. The van der Waals surface area contributed by atoms with Crippen LogP contribution in [-0.4, -0.2) is 55.5 Å². The molecule has 1 aromatic carbocycles. The molecule has 0 spiro atoms. The standard InChI is InChI=1S/C25H26F2N4O4/c1-33-24-17(27)3-2-4-18(24)30-23-20-21(14(5-8-26)11-29-25(20)32)31-22(23)16-6-9-28-12-19(16)35-13-15-7-10-34-15/h2-4,6,9,12,14-15,30-31H,5,7-8,10-11,13H2,1H3,(H,29,32)/t14-,15-/m0/s1. The number of amides is 1. The number of fused-ring (bicyclic) bond motifs is 1. The van der Waals surface area contributed by atoms with Crippen LogP contribution in [0.2, 0.25) is 0 Å². The molecule has 8 nitrogen and oxygen atoms in total. The summed E-state index contributed by atoms with van der Waals surface area (Å²) in [5, 5.41) is 6.04. The lowest BCUT2D eigenvalue weighted by molar-refractivity contribution is -0.0720. The van der Waals surface area contributed by atoms with E-state index in [4.69, 9.17) is 14.2 Å². The number of hydrogen-bond donors (Lipinski definition) is 3. The van der Waals surface area contributed by atoms with Crippen molar-refractivity contribution in [1.29, 1.82) is 0 Å². The van der Waals surface area contributed by atoms with Crippen molar-refractivity contribution >= 4 is 17.3 Å². The summed E-state index contributed by atoms with van der Waals surface area (Å²) in [6.07, 6.45) is 4.40. The predicted molar refractivity (Wildman–Crippen MR) is 126 cm³/mol. The summed E-state index contributed by atoms with van der Waals surface area (Å²) in [4.78, 5) is 20.6. The molecule has 5 rings (SSSR count). The average Bonchev–Trinajstić information content (AvgIpc) is 3.20. The predicted octanol–water partition coefficient (Wildman–Crippen LogP) is 4.32. The Morgan fingerprint density at radius 3 is 2.91 bits per heavy atom. The van der Waals surface area contributed by atoms with Gasteiger partial charge in [0.2, 0.25) is 0 Å². The van der Waals surface area contributed by atoms with Crippen molar-refractivity contribution < 1.29 is 27.8 Å². The summed E-state index contributed by atoms with van der Waals surface area (Å²) >= 11 is 0. The summed E-state index contributed by atoms with van der Waals surface area (Å²) in [5.41, 5.74) is 2.93. The van der Waals surface area contributed by atoms with Gasteiger partial charge in [0.25, 0.3) is 5.91 Å². The van der Waals surface area contributed by atoms with Crippen LogP contribution in [0.1, 0.15) is 34.8 Å². The van der Waals surface area contributed by atoms with Crippen molar-refractivity contribution in [2.24, 2.45) is 0 Å². The summed E-state index contributed by atoms with van der Waals surface area (Å²) in [6, 6.07) is 6.26. The minimum atomic E-state index is -0.545. The van der Waals surface area contributed by atoms with Crippen LogP contribution in [0.4, 0.5) is 20.2 Å². The van der Waals surface area contributed by atoms with Crippen LogP contribution >= 0.6 is 0 Å². The third-order valence-corrected chi connectivity index (χ3v) is 6.33. The van der Waals surface area contributed by atoms with Crippen LogP contribution < -0.4 is 20.1 Å². The van der Waals surface area contributed by atoms with E-state index >= 15 is 0 Å². The molecular weight excluding hydrogens is 458 g/mol. The van der Waals surface area contributed by atoms with E-state index < -0.39 is 12.5 Å². The van der Waals surface area contributed by atoms with Gasteiger partial charge >= 0.3 is 0 Å². The number of ether oxygens (including phenoxy) is 3. The Morgan fingerprint density at radius 1 is 1.31 bits per heavy atom. The topological polar surface area (TPSA) is 97.5 Å². The number of hydrogen-bond acceptors (Lipinski definition) is 6. The fraction of sp³-hybridized carbons (Fsp3) is 0.360. The third-order valence-electron chi connectivity index (χ3n) is 6.33. The number of carbonyl (C=O) groups excluding carboxylic acids is 1. The number of nitrogens with one attached hydrogen (secondary N) is 3. The number of aromatic nitrogens is 2. The Hall–Kier alpha value is -3.66. The van der Waals surface area contributed by atoms with Gasteiger partial charge in [0.15, 0.2) is 11.6 Å². The highest BCUT2D eigenvalue weighted by Gasteiger charge is 2.34. The highest BCUT2D eigenvalue weighted by Crippen LogP contribution is 2.44. The van der Waals surface area contributed by atoms with Crippen LogP contribution in [0.15, 0.2) is 36.7 Å². The Labute approximate surface area is 201 Å². The number of alkyl halides is 1. The lowest BCUT2D eigenvalue weighted by Gasteiger charge is -2.26. The van der Waals surface area contributed by atoms with Crippen molar-refractivity contribution in [3.8, 4) is 22.8 Å². The van der Waals surface area contributed by atoms with Gasteiger partial charge in [-0.2, -0.15) is 0 Å². The molecule has 1 amide bonds. The second kappa shape index (κ2) is 9.91. The fourth-order valence-corrected chi connectivity index (χ4v) is 4.42. The molecule has 184 valence electrons. The van der Waals surface area contributed by atoms with E-state index in [1.807, 2.05) is 0 Å². The maximum atomic E-state index is 14.4. The molecule has 3 aromatic rings. The molecule has 0 saturated carbocycles. The van der Waals surface area contributed by atoms with E-state index in [9.17, 15) is 13.6 Å². The first-order valence-corrected chi connectivity index (χ1v) is 11.5. The smallest absolute Gasteiger partial charge is 0.255 e. The number of benzene rings is 1. The third kappa shape index (κ3) is 4.41. The second-order valence-electron chi connectivity index (χ2n) is 8.46. The molecule has 2 aromatic heterocycles. The fourth-order valence-electron chi connectivity index (χ4n) is 4.42. The van der Waals surface area contributed by atoms with Gasteiger partial charge in [0.1, 0.15) is 12.4 Å². The number of halogens is 2. The van der Waals surface area contributed by atoms with Crippen LogP contribution in [0.5, 0.6) is 11.5 Å². The number of pyridine rings is 1. The van der Waals surface area contributed by atoms with Gasteiger partial charge in [0, 0.05) is 42.9 Å². The van der Waals surface area contributed by atoms with Crippen LogP contribution in [-0.2, 0) is 4.74 Å². The number of methoxy groups -OCH3 is 1. The molecule has 2 atom stereocenters. The van der Waals surface area contributed by atoms with Gasteiger partial charge < -0.3 is 29.8 Å². The van der Waals surface area contributed by atoms with Crippen LogP contribution in [0, 0.1) is 5.82 Å².